The van der Waals surface area contributed by atoms with Crippen LogP contribution in [0.5, 0.6) is 0 Å². The van der Waals surface area contributed by atoms with Gasteiger partial charge in [-0.2, -0.15) is 0 Å². The zero-order valence-electron chi connectivity index (χ0n) is 23.8. The summed E-state index contributed by atoms with van der Waals surface area (Å²) in [5, 5.41) is 10.1. The number of anilines is 1. The Hall–Kier alpha value is -3.15. The summed E-state index contributed by atoms with van der Waals surface area (Å²) in [6, 6.07) is 16.3. The van der Waals surface area contributed by atoms with E-state index < -0.39 is 29.9 Å². The maximum absolute atomic E-state index is 14.8. The maximum Gasteiger partial charge on any atom is 0.303 e. The standard InChI is InChI=1S/C32H32Cl2IN3O5/c1-3-36(4-2)31(42)28(20-8-12-22(33)13-9-20)38-29(21-10-14-23(34)15-11-21)32(43)37(18-6-5-7-27(39)40)26-17-16-24(35)19-25(26)30(38)41/h8-17,19,28-29H,3-7,18H2,1-2H3,(H,39,40)/t28?,29-/m0/s1. The molecule has 4 rings (SSSR count). The molecule has 0 aromatic heterocycles. The van der Waals surface area contributed by atoms with E-state index >= 15 is 0 Å². The van der Waals surface area contributed by atoms with E-state index in [4.69, 9.17) is 28.3 Å². The Morgan fingerprint density at radius 2 is 1.53 bits per heavy atom. The Bertz CT molecular complexity index is 1500. The van der Waals surface area contributed by atoms with Gasteiger partial charge in [0.25, 0.3) is 11.8 Å². The topological polar surface area (TPSA) is 98.2 Å². The molecule has 0 spiro atoms. The summed E-state index contributed by atoms with van der Waals surface area (Å²) in [4.78, 5) is 59.6. The van der Waals surface area contributed by atoms with Crippen LogP contribution in [-0.4, -0.2) is 58.2 Å². The van der Waals surface area contributed by atoms with E-state index in [0.29, 0.717) is 52.8 Å². The van der Waals surface area contributed by atoms with Crippen molar-refractivity contribution >= 4 is 75.2 Å². The van der Waals surface area contributed by atoms with E-state index in [2.05, 4.69) is 22.6 Å². The minimum atomic E-state index is -1.19. The highest BCUT2D eigenvalue weighted by molar-refractivity contribution is 14.1. The molecule has 0 saturated heterocycles. The number of hydrogen-bond donors (Lipinski definition) is 1. The molecule has 1 aliphatic rings. The van der Waals surface area contributed by atoms with Crippen molar-refractivity contribution < 1.29 is 24.3 Å². The van der Waals surface area contributed by atoms with Crippen LogP contribution in [0.1, 0.15) is 66.7 Å². The van der Waals surface area contributed by atoms with Gasteiger partial charge in [-0.1, -0.05) is 47.5 Å². The fourth-order valence-corrected chi connectivity index (χ4v) is 6.07. The predicted octanol–water partition coefficient (Wildman–Crippen LogP) is 6.99. The lowest BCUT2D eigenvalue weighted by Crippen LogP contribution is -2.49. The van der Waals surface area contributed by atoms with Crippen LogP contribution in [0, 0.1) is 3.57 Å². The molecular weight excluding hydrogens is 704 g/mol. The largest absolute Gasteiger partial charge is 0.481 e. The average Bonchev–Trinajstić information content (AvgIpc) is 3.06. The number of amides is 3. The van der Waals surface area contributed by atoms with E-state index in [1.54, 1.807) is 70.5 Å². The maximum atomic E-state index is 14.8. The van der Waals surface area contributed by atoms with Gasteiger partial charge in [-0.15, -0.1) is 0 Å². The molecule has 8 nitrogen and oxygen atoms in total. The Morgan fingerprint density at radius 3 is 2.12 bits per heavy atom. The van der Waals surface area contributed by atoms with Gasteiger partial charge in [-0.05, 0) is 103 Å². The fraction of sp³-hybridized carbons (Fsp3) is 0.312. The van der Waals surface area contributed by atoms with E-state index in [1.807, 2.05) is 19.9 Å². The van der Waals surface area contributed by atoms with Gasteiger partial charge in [0.2, 0.25) is 5.91 Å². The zero-order chi connectivity index (χ0) is 31.3. The molecule has 0 fully saturated rings. The number of carboxylic acid groups (broad SMARTS) is 1. The second-order valence-corrected chi connectivity index (χ2v) is 12.3. The lowest BCUT2D eigenvalue weighted by molar-refractivity contribution is -0.138. The molecule has 226 valence electrons. The van der Waals surface area contributed by atoms with Crippen LogP contribution in [0.15, 0.2) is 66.7 Å². The van der Waals surface area contributed by atoms with Crippen molar-refractivity contribution in [2.75, 3.05) is 24.5 Å². The number of carbonyl (C=O) groups excluding carboxylic acids is 3. The van der Waals surface area contributed by atoms with Crippen molar-refractivity contribution in [2.24, 2.45) is 0 Å². The molecule has 1 heterocycles. The Morgan fingerprint density at radius 1 is 0.930 bits per heavy atom. The molecule has 2 atom stereocenters. The number of fused-ring (bicyclic) bond motifs is 1. The summed E-state index contributed by atoms with van der Waals surface area (Å²) in [5.74, 6) is -2.12. The van der Waals surface area contributed by atoms with E-state index in [0.717, 1.165) is 3.57 Å². The number of nitrogens with zero attached hydrogens (tertiary/aromatic N) is 3. The first-order valence-electron chi connectivity index (χ1n) is 14.0. The second kappa shape index (κ2) is 14.5. The van der Waals surface area contributed by atoms with Crippen LogP contribution in [-0.2, 0) is 14.4 Å². The summed E-state index contributed by atoms with van der Waals surface area (Å²) in [5.41, 5.74) is 1.70. The van der Waals surface area contributed by atoms with Crippen molar-refractivity contribution in [1.82, 2.24) is 9.80 Å². The molecule has 3 aromatic carbocycles. The Labute approximate surface area is 274 Å². The number of rotatable bonds is 11. The minimum absolute atomic E-state index is 0.0374. The fourth-order valence-electron chi connectivity index (χ4n) is 5.32. The second-order valence-electron chi connectivity index (χ2n) is 10.1. The predicted molar refractivity (Wildman–Crippen MR) is 175 cm³/mol. The first-order valence-corrected chi connectivity index (χ1v) is 15.9. The van der Waals surface area contributed by atoms with Gasteiger partial charge in [-0.25, -0.2) is 0 Å². The Kier molecular flexibility index (Phi) is 11.1. The summed E-state index contributed by atoms with van der Waals surface area (Å²) < 4.78 is 0.783. The van der Waals surface area contributed by atoms with Crippen LogP contribution in [0.3, 0.4) is 0 Å². The first kappa shape index (κ1) is 32.8. The lowest BCUT2D eigenvalue weighted by Gasteiger charge is -2.38. The normalized spacial score (nSPS) is 15.6. The highest BCUT2D eigenvalue weighted by Crippen LogP contribution is 2.41. The molecular formula is C32H32Cl2IN3O5. The molecule has 3 aromatic rings. The monoisotopic (exact) mass is 735 g/mol. The lowest BCUT2D eigenvalue weighted by atomic mass is 9.96. The van der Waals surface area contributed by atoms with Gasteiger partial charge < -0.3 is 19.8 Å². The van der Waals surface area contributed by atoms with E-state index in [9.17, 15) is 19.2 Å². The van der Waals surface area contributed by atoms with Gasteiger partial charge in [0.1, 0.15) is 12.1 Å². The molecule has 43 heavy (non-hydrogen) atoms. The van der Waals surface area contributed by atoms with Gasteiger partial charge in [0.05, 0.1) is 11.3 Å². The highest BCUT2D eigenvalue weighted by atomic mass is 127. The number of unbranched alkanes of at least 4 members (excludes halogenated alkanes) is 1. The molecule has 3 amide bonds. The molecule has 0 radical (unpaired) electrons. The van der Waals surface area contributed by atoms with Crippen LogP contribution < -0.4 is 4.90 Å². The molecule has 0 bridgehead atoms. The van der Waals surface area contributed by atoms with Crippen LogP contribution in [0.25, 0.3) is 0 Å². The van der Waals surface area contributed by atoms with Gasteiger partial charge in [-0.3, -0.25) is 19.2 Å². The third-order valence-corrected chi connectivity index (χ3v) is 8.65. The summed E-state index contributed by atoms with van der Waals surface area (Å²) in [6.07, 6.45) is 0.726. The number of halogens is 3. The molecule has 1 unspecified atom stereocenters. The number of carboxylic acids is 1. The van der Waals surface area contributed by atoms with Crippen LogP contribution in [0.2, 0.25) is 10.0 Å². The number of carbonyl (C=O) groups is 4. The van der Waals surface area contributed by atoms with Gasteiger partial charge >= 0.3 is 5.97 Å². The van der Waals surface area contributed by atoms with E-state index in [1.165, 1.54) is 4.90 Å². The first-order chi connectivity index (χ1) is 20.6. The molecule has 11 heteroatoms. The van der Waals surface area contributed by atoms with Crippen molar-refractivity contribution in [3.63, 3.8) is 0 Å². The summed E-state index contributed by atoms with van der Waals surface area (Å²) in [6.45, 7) is 4.74. The van der Waals surface area contributed by atoms with Crippen molar-refractivity contribution in [2.45, 2.75) is 45.2 Å². The Balaban J connectivity index is 1.97. The number of likely N-dealkylation sites (N-methyl/N-ethyl adjacent to an activating group) is 1. The van der Waals surface area contributed by atoms with Gasteiger partial charge in [0, 0.05) is 39.7 Å². The number of benzene rings is 3. The molecule has 1 N–H and O–H groups in total. The quantitative estimate of drug-likeness (QED) is 0.169. The summed E-state index contributed by atoms with van der Waals surface area (Å²) >= 11 is 14.5. The average molecular weight is 736 g/mol. The third-order valence-electron chi connectivity index (χ3n) is 7.47. The SMILES string of the molecule is CCN(CC)C(=O)C(c1ccc(Cl)cc1)N1C(=O)c2cc(I)ccc2N(CCCCC(=O)O)C(=O)[C@@H]1c1ccc(Cl)cc1. The highest BCUT2D eigenvalue weighted by Gasteiger charge is 2.46. The third kappa shape index (κ3) is 7.33. The van der Waals surface area contributed by atoms with Crippen molar-refractivity contribution in [1.29, 1.82) is 0 Å². The molecule has 0 saturated carbocycles. The number of aliphatic carboxylic acids is 1. The van der Waals surface area contributed by atoms with E-state index in [-0.39, 0.29) is 24.4 Å². The number of hydrogen-bond acceptors (Lipinski definition) is 4. The minimum Gasteiger partial charge on any atom is -0.481 e. The molecule has 1 aliphatic heterocycles. The zero-order valence-corrected chi connectivity index (χ0v) is 27.5. The molecule has 0 aliphatic carbocycles. The smallest absolute Gasteiger partial charge is 0.303 e. The van der Waals surface area contributed by atoms with Crippen LogP contribution in [0.4, 0.5) is 5.69 Å². The van der Waals surface area contributed by atoms with Crippen molar-refractivity contribution in [3.8, 4) is 0 Å². The summed E-state index contributed by atoms with van der Waals surface area (Å²) in [7, 11) is 0. The van der Waals surface area contributed by atoms with Crippen LogP contribution >= 0.6 is 45.8 Å². The van der Waals surface area contributed by atoms with Crippen molar-refractivity contribution in [3.05, 3.63) is 97.0 Å². The van der Waals surface area contributed by atoms with Gasteiger partial charge in [0.15, 0.2) is 0 Å².